The number of Topliss-reactive ketones (excluding diaryl/α,β-unsaturated/α-hetero) is 1. The van der Waals surface area contributed by atoms with E-state index >= 15 is 0 Å². The molecule has 0 amide bonds. The van der Waals surface area contributed by atoms with E-state index in [1.807, 2.05) is 34.6 Å². The van der Waals surface area contributed by atoms with Crippen LogP contribution in [0.3, 0.4) is 0 Å². The average Bonchev–Trinajstić information content (AvgIpc) is 2.86. The Bertz CT molecular complexity index is 558. The van der Waals surface area contributed by atoms with Crippen LogP contribution in [0.4, 0.5) is 0 Å². The van der Waals surface area contributed by atoms with Gasteiger partial charge >= 0.3 is 0 Å². The Hall–Kier alpha value is -1.01. The molecule has 2 nitrogen and oxygen atoms in total. The van der Waals surface area contributed by atoms with Gasteiger partial charge in [0.1, 0.15) is 5.16 Å². The fraction of sp³-hybridized carbons (Fsp3) is 0.611. The number of hydrogen-bond donors (Lipinski definition) is 0. The first-order valence-corrected chi connectivity index (χ1v) is 9.21. The minimum atomic E-state index is -1.52. The summed E-state index contributed by atoms with van der Waals surface area (Å²) in [6, 6.07) is 4.12. The maximum absolute atomic E-state index is 13.3. The zero-order chi connectivity index (χ0) is 15.8. The molecule has 1 unspecified atom stereocenters. The fourth-order valence-corrected chi connectivity index (χ4v) is 5.83. The quantitative estimate of drug-likeness (QED) is 0.555. The molecule has 0 spiro atoms. The van der Waals surface area contributed by atoms with Gasteiger partial charge in [-0.2, -0.15) is 0 Å². The Morgan fingerprint density at radius 3 is 2.00 bits per heavy atom. The summed E-state index contributed by atoms with van der Waals surface area (Å²) in [4.78, 5) is 13.3. The average molecular weight is 305 g/mol. The van der Waals surface area contributed by atoms with Crippen LogP contribution < -0.4 is 0 Å². The number of hydrogen-bond acceptors (Lipinski definition) is 2. The first kappa shape index (κ1) is 16.4. The summed E-state index contributed by atoms with van der Waals surface area (Å²) in [7, 11) is -1.52. The second-order valence-electron chi connectivity index (χ2n) is 6.76. The highest BCUT2D eigenvalue weighted by molar-refractivity contribution is 7.48. The van der Waals surface area contributed by atoms with E-state index in [9.17, 15) is 9.36 Å². The van der Waals surface area contributed by atoms with Gasteiger partial charge in [0.25, 0.3) is 0 Å². The summed E-state index contributed by atoms with van der Waals surface area (Å²) in [6.45, 7) is 9.99. The van der Waals surface area contributed by atoms with Crippen LogP contribution in [0.25, 0.3) is 0 Å². The third-order valence-electron chi connectivity index (χ3n) is 4.65. The van der Waals surface area contributed by atoms with Crippen LogP contribution in [0, 0.1) is 20.8 Å². The van der Waals surface area contributed by atoms with E-state index in [0.29, 0.717) is 0 Å². The zero-order valence-electron chi connectivity index (χ0n) is 13.8. The first-order chi connectivity index (χ1) is 9.79. The number of aryl methyl sites for hydroxylation is 3. The molecule has 1 atom stereocenters. The molecule has 1 aromatic rings. The summed E-state index contributed by atoms with van der Waals surface area (Å²) in [5.74, 6) is 0.129. The molecule has 0 bridgehead atoms. The van der Waals surface area contributed by atoms with E-state index in [1.165, 1.54) is 5.56 Å². The van der Waals surface area contributed by atoms with Gasteiger partial charge < -0.3 is 0 Å². The lowest BCUT2D eigenvalue weighted by Gasteiger charge is -2.29. The highest BCUT2D eigenvalue weighted by atomic mass is 31.1. The van der Waals surface area contributed by atoms with E-state index in [0.717, 1.165) is 42.4 Å². The molecule has 1 saturated carbocycles. The summed E-state index contributed by atoms with van der Waals surface area (Å²) >= 11 is 0. The van der Waals surface area contributed by atoms with Crippen LogP contribution in [-0.2, 0) is 4.57 Å². The molecule has 115 valence electrons. The minimum absolute atomic E-state index is 0.0631. The smallest absolute Gasteiger partial charge is 0.180 e. The maximum atomic E-state index is 13.3. The molecule has 0 aromatic heterocycles. The summed E-state index contributed by atoms with van der Waals surface area (Å²) < 4.78 is 12.9. The van der Waals surface area contributed by atoms with Gasteiger partial charge in [0.2, 0.25) is 0 Å². The zero-order valence-corrected chi connectivity index (χ0v) is 14.7. The normalized spacial score (nSPS) is 18.1. The molecule has 0 heterocycles. The van der Waals surface area contributed by atoms with Crippen molar-refractivity contribution in [1.82, 2.24) is 0 Å². The second kappa shape index (κ2) is 6.01. The van der Waals surface area contributed by atoms with Gasteiger partial charge in [-0.25, -0.2) is 0 Å². The Morgan fingerprint density at radius 2 is 1.57 bits per heavy atom. The van der Waals surface area contributed by atoms with E-state index in [4.69, 9.17) is 0 Å². The van der Waals surface area contributed by atoms with Gasteiger partial charge in [-0.05, 0) is 44.7 Å². The third kappa shape index (κ3) is 2.83. The van der Waals surface area contributed by atoms with Crippen molar-refractivity contribution in [2.75, 3.05) is 0 Å². The van der Waals surface area contributed by atoms with Crippen molar-refractivity contribution in [3.63, 3.8) is 0 Å². The van der Waals surface area contributed by atoms with Crippen LogP contribution in [0.5, 0.6) is 0 Å². The first-order valence-electron chi connectivity index (χ1n) is 7.89. The molecular weight excluding hydrogens is 279 g/mol. The summed E-state index contributed by atoms with van der Waals surface area (Å²) in [5.41, 5.74) is 4.10. The van der Waals surface area contributed by atoms with Crippen molar-refractivity contribution in [2.45, 2.75) is 71.1 Å². The highest BCUT2D eigenvalue weighted by Crippen LogP contribution is 2.55. The molecule has 1 aliphatic carbocycles. The third-order valence-corrected chi connectivity index (χ3v) is 7.08. The molecule has 21 heavy (non-hydrogen) atoms. The molecule has 0 N–H and O–H groups in total. The van der Waals surface area contributed by atoms with Crippen LogP contribution >= 0.6 is 7.80 Å². The number of carbonyl (C=O) groups excluding carboxylic acids is 1. The maximum Gasteiger partial charge on any atom is 0.180 e. The largest absolute Gasteiger partial charge is 0.293 e. The Kier molecular flexibility index (Phi) is 4.68. The molecule has 1 aromatic carbocycles. The van der Waals surface area contributed by atoms with Crippen molar-refractivity contribution in [1.29, 1.82) is 0 Å². The van der Waals surface area contributed by atoms with Crippen LogP contribution in [-0.4, -0.2) is 16.6 Å². The van der Waals surface area contributed by atoms with Gasteiger partial charge in [-0.3, -0.25) is 9.36 Å². The van der Waals surface area contributed by atoms with Gasteiger partial charge in [0, 0.05) is 11.2 Å². The van der Waals surface area contributed by atoms with Gasteiger partial charge in [-0.15, -0.1) is 0 Å². The lowest BCUT2D eigenvalue weighted by atomic mass is 9.88. The lowest BCUT2D eigenvalue weighted by molar-refractivity contribution is 0.0938. The standard InChI is InChI=1S/C18H26O2P/c1-12(2)21(20)18(8-6-7-9-18)17(19)16-14(4)10-13(3)11-15(16)5/h10-12H,6-9H2,1-5H3. The lowest BCUT2D eigenvalue weighted by Crippen LogP contribution is -2.34. The highest BCUT2D eigenvalue weighted by Gasteiger charge is 2.48. The van der Waals surface area contributed by atoms with E-state index in [2.05, 4.69) is 12.1 Å². The molecule has 2 rings (SSSR count). The fourth-order valence-electron chi connectivity index (χ4n) is 3.77. The van der Waals surface area contributed by atoms with Crippen molar-refractivity contribution in [3.8, 4) is 0 Å². The number of ketones is 1. The van der Waals surface area contributed by atoms with E-state index in [-0.39, 0.29) is 11.4 Å². The molecule has 0 saturated heterocycles. The van der Waals surface area contributed by atoms with Gasteiger partial charge in [0.15, 0.2) is 5.78 Å². The van der Waals surface area contributed by atoms with Crippen LogP contribution in [0.1, 0.15) is 66.6 Å². The van der Waals surface area contributed by atoms with Gasteiger partial charge in [-0.1, -0.05) is 44.4 Å². The van der Waals surface area contributed by atoms with E-state index < -0.39 is 13.0 Å². The number of carbonyl (C=O) groups is 1. The molecular formula is C18H26O2P. The van der Waals surface area contributed by atoms with Crippen molar-refractivity contribution < 1.29 is 9.36 Å². The Balaban J connectivity index is 2.53. The Morgan fingerprint density at radius 1 is 1.10 bits per heavy atom. The predicted molar refractivity (Wildman–Crippen MR) is 88.9 cm³/mol. The van der Waals surface area contributed by atoms with Crippen molar-refractivity contribution in [3.05, 3.63) is 34.4 Å². The van der Waals surface area contributed by atoms with Crippen LogP contribution in [0.15, 0.2) is 12.1 Å². The number of benzene rings is 1. The topological polar surface area (TPSA) is 34.1 Å². The van der Waals surface area contributed by atoms with E-state index in [1.54, 1.807) is 0 Å². The SMILES string of the molecule is Cc1cc(C)c(C(=O)C2([P](=O)C(C)C)CCCC2)c(C)c1. The van der Waals surface area contributed by atoms with Crippen molar-refractivity contribution in [2.24, 2.45) is 0 Å². The minimum Gasteiger partial charge on any atom is -0.293 e. The summed E-state index contributed by atoms with van der Waals surface area (Å²) in [5, 5.41) is -0.617. The summed E-state index contributed by atoms with van der Waals surface area (Å²) in [6.07, 6.45) is 3.60. The molecule has 0 aliphatic heterocycles. The van der Waals surface area contributed by atoms with Crippen molar-refractivity contribution >= 4 is 13.6 Å². The molecule has 1 fully saturated rings. The second-order valence-corrected chi connectivity index (χ2v) is 9.30. The van der Waals surface area contributed by atoms with Gasteiger partial charge in [0.05, 0.1) is 7.80 Å². The van der Waals surface area contributed by atoms with Crippen LogP contribution in [0.2, 0.25) is 0 Å². The monoisotopic (exact) mass is 305 g/mol. The number of rotatable bonds is 4. The molecule has 3 heteroatoms. The molecule has 1 aliphatic rings. The Labute approximate surface area is 129 Å². The predicted octanol–water partition coefficient (Wildman–Crippen LogP) is 5.34. The molecule has 1 radical (unpaired) electrons.